The monoisotopic (exact) mass is 552 g/mol. The molecule has 7 rings (SSSR count). The Bertz CT molecular complexity index is 2020. The van der Waals surface area contributed by atoms with Crippen molar-refractivity contribution >= 4 is 39.7 Å². The van der Waals surface area contributed by atoms with E-state index in [-0.39, 0.29) is 17.8 Å². The van der Waals surface area contributed by atoms with E-state index in [9.17, 15) is 9.59 Å². The average molecular weight is 553 g/mol. The zero-order chi connectivity index (χ0) is 29.2. The Labute approximate surface area is 242 Å². The van der Waals surface area contributed by atoms with Crippen LogP contribution in [0.1, 0.15) is 27.7 Å². The van der Waals surface area contributed by atoms with Crippen LogP contribution in [0.25, 0.3) is 55.8 Å². The minimum Gasteiger partial charge on any atom is -0.455 e. The van der Waals surface area contributed by atoms with Gasteiger partial charge in [0.2, 0.25) is 17.8 Å². The summed E-state index contributed by atoms with van der Waals surface area (Å²) >= 11 is 0. The maximum atomic E-state index is 13.7. The minimum atomic E-state index is -0.941. The van der Waals surface area contributed by atoms with Gasteiger partial charge in [0, 0.05) is 16.3 Å². The first-order valence-electron chi connectivity index (χ1n) is 13.9. The lowest BCUT2D eigenvalue weighted by Crippen LogP contribution is -2.35. The van der Waals surface area contributed by atoms with Crippen LogP contribution in [-0.2, 0) is 9.59 Å². The Kier molecular flexibility index (Phi) is 5.63. The number of hydrogen-bond donors (Lipinski definition) is 0. The second-order valence-corrected chi connectivity index (χ2v) is 11.7. The molecule has 1 aliphatic rings. The molecule has 42 heavy (non-hydrogen) atoms. The highest BCUT2D eigenvalue weighted by Crippen LogP contribution is 2.48. The molecule has 2 aromatic heterocycles. The highest BCUT2D eigenvalue weighted by molar-refractivity contribution is 6.24. The van der Waals surface area contributed by atoms with Gasteiger partial charge in [-0.1, -0.05) is 78.9 Å². The third-order valence-corrected chi connectivity index (χ3v) is 8.73. The molecule has 2 amide bonds. The average Bonchev–Trinajstić information content (AvgIpc) is 3.45. The molecule has 0 spiro atoms. The van der Waals surface area contributed by atoms with Crippen LogP contribution in [0.2, 0.25) is 0 Å². The van der Waals surface area contributed by atoms with E-state index >= 15 is 0 Å². The summed E-state index contributed by atoms with van der Waals surface area (Å²) in [6, 6.07) is 31.6. The third-order valence-electron chi connectivity index (χ3n) is 8.73. The molecule has 7 nitrogen and oxygen atoms in total. The van der Waals surface area contributed by atoms with Gasteiger partial charge >= 0.3 is 0 Å². The van der Waals surface area contributed by atoms with Crippen LogP contribution in [-0.4, -0.2) is 26.8 Å². The number of carbonyl (C=O) groups is 2. The standard InChI is InChI=1S/C35H28N4O3/c1-34(2)31(40)39(32(41)35(34,3)4)33-37-29(23-15-10-14-22(20-23)21-12-6-5-7-13-21)36-30(38-33)26-18-11-17-25-24-16-8-9-19-27(24)42-28(25)26/h5-20H,1-4H3. The number of furan rings is 1. The smallest absolute Gasteiger partial charge is 0.243 e. The van der Waals surface area contributed by atoms with Crippen LogP contribution >= 0.6 is 0 Å². The van der Waals surface area contributed by atoms with E-state index in [0.29, 0.717) is 22.8 Å². The molecule has 0 aliphatic carbocycles. The Balaban J connectivity index is 1.47. The van der Waals surface area contributed by atoms with E-state index in [1.54, 1.807) is 27.7 Å². The SMILES string of the molecule is CC1(C)C(=O)N(c2nc(-c3cccc(-c4ccccc4)c3)nc(-c3cccc4c3oc3ccccc34)n2)C(=O)C1(C)C. The van der Waals surface area contributed by atoms with Crippen molar-refractivity contribution < 1.29 is 14.0 Å². The number of aromatic nitrogens is 3. The molecule has 0 unspecified atom stereocenters. The first kappa shape index (κ1) is 25.8. The summed E-state index contributed by atoms with van der Waals surface area (Å²) in [5, 5.41) is 1.90. The first-order valence-corrected chi connectivity index (χ1v) is 13.9. The number of para-hydroxylation sites is 2. The van der Waals surface area contributed by atoms with Gasteiger partial charge < -0.3 is 4.42 Å². The van der Waals surface area contributed by atoms with Gasteiger partial charge in [-0.3, -0.25) is 9.59 Å². The van der Waals surface area contributed by atoms with E-state index in [4.69, 9.17) is 19.4 Å². The molecule has 3 heterocycles. The van der Waals surface area contributed by atoms with Gasteiger partial charge in [0.1, 0.15) is 11.2 Å². The molecule has 206 valence electrons. The number of hydrogen-bond acceptors (Lipinski definition) is 6. The van der Waals surface area contributed by atoms with E-state index in [2.05, 4.69) is 0 Å². The molecule has 0 bridgehead atoms. The zero-order valence-electron chi connectivity index (χ0n) is 23.8. The van der Waals surface area contributed by atoms with Crippen LogP contribution < -0.4 is 4.90 Å². The predicted molar refractivity (Wildman–Crippen MR) is 163 cm³/mol. The fraction of sp³-hybridized carbons (Fsp3) is 0.171. The summed E-state index contributed by atoms with van der Waals surface area (Å²) < 4.78 is 6.29. The van der Waals surface area contributed by atoms with Crippen LogP contribution in [0.5, 0.6) is 0 Å². The summed E-state index contributed by atoms with van der Waals surface area (Å²) in [6.07, 6.45) is 0. The Morgan fingerprint density at radius 3 is 1.95 bits per heavy atom. The minimum absolute atomic E-state index is 0.00174. The molecule has 0 atom stereocenters. The van der Waals surface area contributed by atoms with E-state index in [1.165, 1.54) is 0 Å². The molecule has 6 aromatic rings. The van der Waals surface area contributed by atoms with Gasteiger partial charge in [-0.2, -0.15) is 9.97 Å². The molecule has 4 aromatic carbocycles. The predicted octanol–water partition coefficient (Wildman–Crippen LogP) is 7.70. The Morgan fingerprint density at radius 1 is 0.595 bits per heavy atom. The zero-order valence-corrected chi connectivity index (χ0v) is 23.8. The van der Waals surface area contributed by atoms with Gasteiger partial charge in [-0.15, -0.1) is 0 Å². The van der Waals surface area contributed by atoms with Gasteiger partial charge in [0.25, 0.3) is 0 Å². The number of anilines is 1. The van der Waals surface area contributed by atoms with Crippen molar-refractivity contribution in [1.82, 2.24) is 15.0 Å². The largest absolute Gasteiger partial charge is 0.455 e. The lowest BCUT2D eigenvalue weighted by molar-refractivity contribution is -0.129. The molecule has 0 saturated carbocycles. The number of benzene rings is 4. The number of imide groups is 1. The lowest BCUT2D eigenvalue weighted by Gasteiger charge is -2.28. The number of fused-ring (bicyclic) bond motifs is 3. The van der Waals surface area contributed by atoms with Gasteiger partial charge in [-0.05, 0) is 57.0 Å². The summed E-state index contributed by atoms with van der Waals surface area (Å²) in [7, 11) is 0. The second kappa shape index (κ2) is 9.17. The van der Waals surface area contributed by atoms with Gasteiger partial charge in [-0.25, -0.2) is 9.88 Å². The maximum Gasteiger partial charge on any atom is 0.243 e. The number of amides is 2. The molecular weight excluding hydrogens is 524 g/mol. The van der Waals surface area contributed by atoms with Crippen LogP contribution in [0.15, 0.2) is 101 Å². The van der Waals surface area contributed by atoms with E-state index in [1.807, 2.05) is 97.1 Å². The number of rotatable bonds is 4. The summed E-state index contributed by atoms with van der Waals surface area (Å²) in [5.74, 6) is -0.0278. The van der Waals surface area contributed by atoms with Gasteiger partial charge in [0.05, 0.1) is 16.4 Å². The van der Waals surface area contributed by atoms with Gasteiger partial charge in [0.15, 0.2) is 11.6 Å². The normalized spacial score (nSPS) is 16.0. The number of nitrogens with zero attached hydrogens (tertiary/aromatic N) is 4. The Morgan fingerprint density at radius 2 is 1.19 bits per heavy atom. The molecule has 1 saturated heterocycles. The van der Waals surface area contributed by atoms with Crippen molar-refractivity contribution in [2.75, 3.05) is 4.90 Å². The second-order valence-electron chi connectivity index (χ2n) is 11.7. The highest BCUT2D eigenvalue weighted by atomic mass is 16.3. The molecule has 0 N–H and O–H groups in total. The molecule has 7 heteroatoms. The maximum absolute atomic E-state index is 13.7. The van der Waals surface area contributed by atoms with Crippen molar-refractivity contribution in [3.63, 3.8) is 0 Å². The lowest BCUT2D eigenvalue weighted by atomic mass is 9.70. The molecule has 1 fully saturated rings. The molecular formula is C35H28N4O3. The summed E-state index contributed by atoms with van der Waals surface area (Å²) in [6.45, 7) is 7.15. The summed E-state index contributed by atoms with van der Waals surface area (Å²) in [5.41, 5.74) is 2.91. The van der Waals surface area contributed by atoms with Crippen LogP contribution in [0.4, 0.5) is 5.95 Å². The highest BCUT2D eigenvalue weighted by Gasteiger charge is 2.60. The van der Waals surface area contributed by atoms with E-state index in [0.717, 1.165) is 37.9 Å². The van der Waals surface area contributed by atoms with Crippen molar-refractivity contribution in [1.29, 1.82) is 0 Å². The van der Waals surface area contributed by atoms with E-state index < -0.39 is 10.8 Å². The molecule has 1 aliphatic heterocycles. The quantitative estimate of drug-likeness (QED) is 0.208. The molecule has 0 radical (unpaired) electrons. The van der Waals surface area contributed by atoms with Crippen molar-refractivity contribution in [3.05, 3.63) is 97.1 Å². The van der Waals surface area contributed by atoms with Crippen LogP contribution in [0.3, 0.4) is 0 Å². The van der Waals surface area contributed by atoms with Crippen molar-refractivity contribution in [2.24, 2.45) is 10.8 Å². The topological polar surface area (TPSA) is 89.2 Å². The number of carbonyl (C=O) groups excluding carboxylic acids is 2. The van der Waals surface area contributed by atoms with Crippen molar-refractivity contribution in [3.8, 4) is 33.9 Å². The van der Waals surface area contributed by atoms with Crippen molar-refractivity contribution in [2.45, 2.75) is 27.7 Å². The van der Waals surface area contributed by atoms with Crippen LogP contribution in [0, 0.1) is 10.8 Å². The third kappa shape index (κ3) is 3.77. The fourth-order valence-electron chi connectivity index (χ4n) is 5.47. The first-order chi connectivity index (χ1) is 20.2. The summed E-state index contributed by atoms with van der Waals surface area (Å²) in [4.78, 5) is 42.9. The Hall–Kier alpha value is -5.17. The fourth-order valence-corrected chi connectivity index (χ4v) is 5.47.